The third-order valence-corrected chi connectivity index (χ3v) is 5.02. The number of nitrogens with one attached hydrogen (secondary N) is 1. The van der Waals surface area contributed by atoms with Gasteiger partial charge in [0.1, 0.15) is 0 Å². The first-order valence-electron chi connectivity index (χ1n) is 8.04. The van der Waals surface area contributed by atoms with Crippen molar-refractivity contribution >= 4 is 35.2 Å². The Morgan fingerprint density at radius 2 is 1.76 bits per heavy atom. The third kappa shape index (κ3) is 5.80. The average Bonchev–Trinajstić information content (AvgIpc) is 3.43. The van der Waals surface area contributed by atoms with E-state index in [0.29, 0.717) is 5.56 Å². The second kappa shape index (κ2) is 8.41. The number of amides is 1. The molecule has 130 valence electrons. The van der Waals surface area contributed by atoms with Gasteiger partial charge in [0.15, 0.2) is 6.61 Å². The topological polar surface area (TPSA) is 55.4 Å². The molecule has 2 aromatic rings. The van der Waals surface area contributed by atoms with E-state index in [1.165, 1.54) is 0 Å². The van der Waals surface area contributed by atoms with Gasteiger partial charge in [0.05, 0.1) is 5.56 Å². The van der Waals surface area contributed by atoms with E-state index in [1.54, 1.807) is 23.9 Å². The molecule has 25 heavy (non-hydrogen) atoms. The lowest BCUT2D eigenvalue weighted by Crippen LogP contribution is -2.30. The number of halogens is 1. The Labute approximate surface area is 155 Å². The van der Waals surface area contributed by atoms with Gasteiger partial charge in [-0.15, -0.1) is 11.8 Å². The van der Waals surface area contributed by atoms with Crippen molar-refractivity contribution in [3.63, 3.8) is 0 Å². The van der Waals surface area contributed by atoms with Gasteiger partial charge in [-0.3, -0.25) is 4.79 Å². The minimum absolute atomic E-state index is 0.233. The zero-order chi connectivity index (χ0) is 17.6. The maximum atomic E-state index is 12.0. The monoisotopic (exact) mass is 375 g/mol. The van der Waals surface area contributed by atoms with E-state index in [0.717, 1.165) is 34.1 Å². The standard InChI is InChI=1S/C19H18ClNO3S/c20-15-5-9-17(10-6-15)25-12-13-1-3-14(4-2-13)19(23)24-11-18(22)21-16-7-8-16/h1-6,9-10,16H,7-8,11-12H2,(H,21,22). The van der Waals surface area contributed by atoms with E-state index in [1.807, 2.05) is 36.4 Å². The summed E-state index contributed by atoms with van der Waals surface area (Å²) in [4.78, 5) is 24.6. The molecule has 0 aromatic heterocycles. The van der Waals surface area contributed by atoms with E-state index in [4.69, 9.17) is 16.3 Å². The second-order valence-electron chi connectivity index (χ2n) is 5.86. The van der Waals surface area contributed by atoms with Gasteiger partial charge in [-0.05, 0) is 54.8 Å². The molecule has 0 unspecified atom stereocenters. The summed E-state index contributed by atoms with van der Waals surface area (Å²) in [6.07, 6.45) is 2.02. The van der Waals surface area contributed by atoms with Gasteiger partial charge in [0.25, 0.3) is 5.91 Å². The molecule has 1 amide bonds. The van der Waals surface area contributed by atoms with E-state index in [-0.39, 0.29) is 18.6 Å². The highest BCUT2D eigenvalue weighted by molar-refractivity contribution is 7.98. The molecule has 0 spiro atoms. The molecule has 0 atom stereocenters. The summed E-state index contributed by atoms with van der Waals surface area (Å²) in [6.45, 7) is -0.233. The molecule has 4 nitrogen and oxygen atoms in total. The van der Waals surface area contributed by atoms with Crippen molar-refractivity contribution in [2.75, 3.05) is 6.61 Å². The molecule has 6 heteroatoms. The number of esters is 1. The normalized spacial score (nSPS) is 13.3. The average molecular weight is 376 g/mol. The summed E-state index contributed by atoms with van der Waals surface area (Å²) in [5.74, 6) is 0.0653. The molecule has 3 rings (SSSR count). The summed E-state index contributed by atoms with van der Waals surface area (Å²) in [6, 6.07) is 15.2. The van der Waals surface area contributed by atoms with Crippen LogP contribution in [0.2, 0.25) is 5.02 Å². The highest BCUT2D eigenvalue weighted by Gasteiger charge is 2.23. The predicted molar refractivity (Wildman–Crippen MR) is 98.9 cm³/mol. The van der Waals surface area contributed by atoms with Gasteiger partial charge in [-0.1, -0.05) is 23.7 Å². The van der Waals surface area contributed by atoms with Crippen molar-refractivity contribution < 1.29 is 14.3 Å². The Morgan fingerprint density at radius 1 is 1.08 bits per heavy atom. The largest absolute Gasteiger partial charge is 0.452 e. The fourth-order valence-corrected chi connectivity index (χ4v) is 3.13. The highest BCUT2D eigenvalue weighted by Crippen LogP contribution is 2.24. The molecule has 0 heterocycles. The van der Waals surface area contributed by atoms with Crippen LogP contribution in [0.4, 0.5) is 0 Å². The van der Waals surface area contributed by atoms with Gasteiger partial charge >= 0.3 is 5.97 Å². The first-order chi connectivity index (χ1) is 12.1. The van der Waals surface area contributed by atoms with E-state index >= 15 is 0 Å². The van der Waals surface area contributed by atoms with Crippen molar-refractivity contribution in [3.8, 4) is 0 Å². The zero-order valence-corrected chi connectivity index (χ0v) is 15.1. The number of carbonyl (C=O) groups excluding carboxylic acids is 2. The van der Waals surface area contributed by atoms with Crippen LogP contribution in [0.5, 0.6) is 0 Å². The van der Waals surface area contributed by atoms with Crippen LogP contribution in [0, 0.1) is 0 Å². The van der Waals surface area contributed by atoms with Crippen LogP contribution in [-0.4, -0.2) is 24.5 Å². The van der Waals surface area contributed by atoms with Gasteiger partial charge in [0.2, 0.25) is 0 Å². The van der Waals surface area contributed by atoms with Crippen LogP contribution < -0.4 is 5.32 Å². The Kier molecular flexibility index (Phi) is 6.00. The molecule has 0 saturated heterocycles. The maximum absolute atomic E-state index is 12.0. The number of hydrogen-bond donors (Lipinski definition) is 1. The van der Waals surface area contributed by atoms with Gasteiger partial charge < -0.3 is 10.1 Å². The predicted octanol–water partition coefficient (Wildman–Crippen LogP) is 4.07. The maximum Gasteiger partial charge on any atom is 0.338 e. The van der Waals surface area contributed by atoms with Crippen LogP contribution in [0.1, 0.15) is 28.8 Å². The summed E-state index contributed by atoms with van der Waals surface area (Å²) in [5, 5.41) is 3.50. The molecule has 1 saturated carbocycles. The van der Waals surface area contributed by atoms with Crippen LogP contribution >= 0.6 is 23.4 Å². The van der Waals surface area contributed by atoms with Crippen LogP contribution in [0.3, 0.4) is 0 Å². The molecular weight excluding hydrogens is 358 g/mol. The molecule has 0 radical (unpaired) electrons. The fourth-order valence-electron chi connectivity index (χ4n) is 2.15. The van der Waals surface area contributed by atoms with Gasteiger partial charge in [-0.2, -0.15) is 0 Å². The lowest BCUT2D eigenvalue weighted by atomic mass is 10.1. The highest BCUT2D eigenvalue weighted by atomic mass is 35.5. The van der Waals surface area contributed by atoms with Crippen molar-refractivity contribution in [1.29, 1.82) is 0 Å². The number of ether oxygens (including phenoxy) is 1. The van der Waals surface area contributed by atoms with Crippen LogP contribution in [-0.2, 0) is 15.3 Å². The van der Waals surface area contributed by atoms with E-state index in [9.17, 15) is 9.59 Å². The summed E-state index contributed by atoms with van der Waals surface area (Å²) < 4.78 is 5.03. The summed E-state index contributed by atoms with van der Waals surface area (Å²) in [7, 11) is 0. The number of thioether (sulfide) groups is 1. The van der Waals surface area contributed by atoms with Crippen molar-refractivity contribution in [2.45, 2.75) is 29.5 Å². The molecule has 2 aromatic carbocycles. The molecule has 1 aliphatic rings. The third-order valence-electron chi connectivity index (χ3n) is 3.69. The number of hydrogen-bond acceptors (Lipinski definition) is 4. The Hall–Kier alpha value is -1.98. The van der Waals surface area contributed by atoms with Crippen LogP contribution in [0.25, 0.3) is 0 Å². The van der Waals surface area contributed by atoms with Gasteiger partial charge in [-0.25, -0.2) is 4.79 Å². The molecule has 0 bridgehead atoms. The molecule has 0 aliphatic heterocycles. The minimum atomic E-state index is -0.483. The SMILES string of the molecule is O=C(COC(=O)c1ccc(CSc2ccc(Cl)cc2)cc1)NC1CC1. The minimum Gasteiger partial charge on any atom is -0.452 e. The van der Waals surface area contributed by atoms with Gasteiger partial charge in [0, 0.05) is 21.7 Å². The number of benzene rings is 2. The lowest BCUT2D eigenvalue weighted by Gasteiger charge is -2.06. The fraction of sp³-hybridized carbons (Fsp3) is 0.263. The van der Waals surface area contributed by atoms with Crippen molar-refractivity contribution in [1.82, 2.24) is 5.32 Å². The summed E-state index contributed by atoms with van der Waals surface area (Å²) >= 11 is 7.57. The number of carbonyl (C=O) groups is 2. The Bertz CT molecular complexity index is 742. The van der Waals surface area contributed by atoms with Crippen LogP contribution in [0.15, 0.2) is 53.4 Å². The quantitative estimate of drug-likeness (QED) is 0.585. The zero-order valence-electron chi connectivity index (χ0n) is 13.5. The second-order valence-corrected chi connectivity index (χ2v) is 7.34. The van der Waals surface area contributed by atoms with E-state index in [2.05, 4.69) is 5.32 Å². The Morgan fingerprint density at radius 3 is 2.40 bits per heavy atom. The van der Waals surface area contributed by atoms with E-state index < -0.39 is 5.97 Å². The lowest BCUT2D eigenvalue weighted by molar-refractivity contribution is -0.124. The smallest absolute Gasteiger partial charge is 0.338 e. The summed E-state index contributed by atoms with van der Waals surface area (Å²) in [5.41, 5.74) is 1.54. The first-order valence-corrected chi connectivity index (χ1v) is 9.40. The van der Waals surface area contributed by atoms with Crippen molar-refractivity contribution in [3.05, 3.63) is 64.7 Å². The molecule has 1 fully saturated rings. The number of rotatable bonds is 7. The first kappa shape index (κ1) is 17.8. The molecular formula is C19H18ClNO3S. The van der Waals surface area contributed by atoms with Crippen molar-refractivity contribution in [2.24, 2.45) is 0 Å². The Balaban J connectivity index is 1.46. The molecule has 1 N–H and O–H groups in total. The molecule has 1 aliphatic carbocycles.